The minimum absolute atomic E-state index is 0.141. The molecule has 0 radical (unpaired) electrons. The first kappa shape index (κ1) is 36.5. The van der Waals surface area contributed by atoms with Gasteiger partial charge in [0.25, 0.3) is 0 Å². The van der Waals surface area contributed by atoms with E-state index in [0.717, 1.165) is 94.0 Å². The molecule has 1 aliphatic carbocycles. The van der Waals surface area contributed by atoms with Gasteiger partial charge in [0.1, 0.15) is 22.3 Å². The highest BCUT2D eigenvalue weighted by atomic mass is 16.3. The Kier molecular flexibility index (Phi) is 7.95. The number of benzene rings is 10. The summed E-state index contributed by atoms with van der Waals surface area (Å²) in [6, 6.07) is 76.4. The van der Waals surface area contributed by atoms with E-state index < -0.39 is 0 Å². The molecule has 2 heterocycles. The summed E-state index contributed by atoms with van der Waals surface area (Å²) < 4.78 is 13.9. The number of fused-ring (bicyclic) bond motifs is 11. The summed E-state index contributed by atoms with van der Waals surface area (Å²) in [5.74, 6) is 0. The molecule has 0 spiro atoms. The van der Waals surface area contributed by atoms with E-state index in [1.165, 1.54) is 33.4 Å². The van der Waals surface area contributed by atoms with Gasteiger partial charge in [-0.15, -0.1) is 0 Å². The van der Waals surface area contributed by atoms with Gasteiger partial charge in [-0.3, -0.25) is 0 Å². The van der Waals surface area contributed by atoms with E-state index in [0.29, 0.717) is 0 Å². The number of rotatable bonds is 6. The van der Waals surface area contributed by atoms with Crippen LogP contribution < -0.4 is 4.90 Å². The minimum Gasteiger partial charge on any atom is -0.455 e. The van der Waals surface area contributed by atoms with Crippen LogP contribution in [0.1, 0.15) is 25.0 Å². The maximum Gasteiger partial charge on any atom is 0.143 e. The zero-order valence-electron chi connectivity index (χ0n) is 35.5. The number of para-hydroxylation sites is 2. The first-order chi connectivity index (χ1) is 31.5. The Labute approximate surface area is 371 Å². The molecule has 2 aromatic heterocycles. The molecule has 302 valence electrons. The fourth-order valence-electron chi connectivity index (χ4n) is 10.6. The van der Waals surface area contributed by atoms with Gasteiger partial charge < -0.3 is 13.7 Å². The third kappa shape index (κ3) is 5.41. The molecule has 13 rings (SSSR count). The molecule has 1 aliphatic rings. The van der Waals surface area contributed by atoms with E-state index in [-0.39, 0.29) is 5.41 Å². The number of hydrogen-bond acceptors (Lipinski definition) is 3. The summed E-state index contributed by atoms with van der Waals surface area (Å²) >= 11 is 0. The maximum atomic E-state index is 6.96. The second-order valence-electron chi connectivity index (χ2n) is 17.6. The Hall–Kier alpha value is -8.14. The normalized spacial score (nSPS) is 13.0. The Morgan fingerprint density at radius 2 is 0.938 bits per heavy atom. The fourth-order valence-corrected chi connectivity index (χ4v) is 10.6. The Morgan fingerprint density at radius 3 is 1.77 bits per heavy atom. The van der Waals surface area contributed by atoms with Crippen molar-refractivity contribution in [3.63, 3.8) is 0 Å². The highest BCUT2D eigenvalue weighted by Crippen LogP contribution is 2.52. The number of nitrogens with zero attached hydrogens (tertiary/aromatic N) is 1. The molecule has 0 unspecified atom stereocenters. The van der Waals surface area contributed by atoms with Crippen molar-refractivity contribution in [2.45, 2.75) is 19.3 Å². The minimum atomic E-state index is -0.141. The maximum absolute atomic E-state index is 6.96. The molecule has 0 aliphatic heterocycles. The summed E-state index contributed by atoms with van der Waals surface area (Å²) in [4.78, 5) is 2.40. The molecule has 0 atom stereocenters. The molecular formula is C61H41NO2. The smallest absolute Gasteiger partial charge is 0.143 e. The van der Waals surface area contributed by atoms with E-state index in [2.05, 4.69) is 231 Å². The molecule has 3 heteroatoms. The van der Waals surface area contributed by atoms with Crippen molar-refractivity contribution < 1.29 is 8.83 Å². The summed E-state index contributed by atoms with van der Waals surface area (Å²) in [6.45, 7) is 4.69. The van der Waals surface area contributed by atoms with Gasteiger partial charge in [-0.25, -0.2) is 0 Å². The monoisotopic (exact) mass is 819 g/mol. The van der Waals surface area contributed by atoms with Crippen molar-refractivity contribution in [2.75, 3.05) is 4.90 Å². The van der Waals surface area contributed by atoms with Crippen molar-refractivity contribution in [1.29, 1.82) is 0 Å². The van der Waals surface area contributed by atoms with Crippen LogP contribution in [-0.4, -0.2) is 0 Å². The molecular weight excluding hydrogens is 779 g/mol. The van der Waals surface area contributed by atoms with Crippen LogP contribution in [0.25, 0.3) is 99.2 Å². The SMILES string of the molecule is CC1(C)c2ccccc2-c2ccc(N(c3ccccc3)c3cccc4oc5c6ccccc6c(-c6cccc7c6oc6cccc(-c8ccc(-c9ccccc9)cc8)c67)cc5c34)cc21. The quantitative estimate of drug-likeness (QED) is 0.167. The predicted molar refractivity (Wildman–Crippen MR) is 267 cm³/mol. The van der Waals surface area contributed by atoms with Crippen molar-refractivity contribution in [3.05, 3.63) is 223 Å². The largest absolute Gasteiger partial charge is 0.455 e. The highest BCUT2D eigenvalue weighted by molar-refractivity contribution is 6.24. The topological polar surface area (TPSA) is 29.5 Å². The molecule has 12 aromatic rings. The van der Waals surface area contributed by atoms with Crippen LogP contribution >= 0.6 is 0 Å². The standard InChI is InChI=1S/C61H41NO2/c1-61(2)52-26-12-11-21-45(52)46-35-34-42(36-53(46)61)62(41-18-7-4-8-19-41)54-27-15-29-56-58(54)51-37-50(44-20-9-10-22-47(44)60(51)64-56)48-24-13-25-49-57-43(23-14-28-55(57)63-59(48)49)40-32-30-39(31-33-40)38-16-5-3-6-17-38/h3-37H,1-2H3. The molecule has 0 amide bonds. The first-order valence-electron chi connectivity index (χ1n) is 22.1. The lowest BCUT2D eigenvalue weighted by molar-refractivity contribution is 0.660. The number of anilines is 3. The molecule has 0 bridgehead atoms. The second kappa shape index (κ2) is 13.9. The third-order valence-corrected chi connectivity index (χ3v) is 13.7. The van der Waals surface area contributed by atoms with E-state index in [1.807, 2.05) is 0 Å². The van der Waals surface area contributed by atoms with Gasteiger partial charge in [0.2, 0.25) is 0 Å². The van der Waals surface area contributed by atoms with Crippen molar-refractivity contribution >= 4 is 71.7 Å². The van der Waals surface area contributed by atoms with Crippen molar-refractivity contribution in [2.24, 2.45) is 0 Å². The van der Waals surface area contributed by atoms with Crippen LogP contribution in [0.5, 0.6) is 0 Å². The molecule has 64 heavy (non-hydrogen) atoms. The van der Waals surface area contributed by atoms with E-state index in [4.69, 9.17) is 8.83 Å². The first-order valence-corrected chi connectivity index (χ1v) is 22.1. The van der Waals surface area contributed by atoms with Crippen LogP contribution in [0.2, 0.25) is 0 Å². The Morgan fingerprint density at radius 1 is 0.344 bits per heavy atom. The summed E-state index contributed by atoms with van der Waals surface area (Å²) in [5, 5.41) is 6.51. The van der Waals surface area contributed by atoms with Gasteiger partial charge in [-0.2, -0.15) is 0 Å². The van der Waals surface area contributed by atoms with Crippen molar-refractivity contribution in [1.82, 2.24) is 0 Å². The van der Waals surface area contributed by atoms with E-state index in [1.54, 1.807) is 0 Å². The Bertz CT molecular complexity index is 3800. The highest BCUT2D eigenvalue weighted by Gasteiger charge is 2.36. The lowest BCUT2D eigenvalue weighted by atomic mass is 9.82. The van der Waals surface area contributed by atoms with E-state index in [9.17, 15) is 0 Å². The van der Waals surface area contributed by atoms with Gasteiger partial charge in [0.15, 0.2) is 0 Å². The van der Waals surface area contributed by atoms with Gasteiger partial charge in [0, 0.05) is 43.9 Å². The van der Waals surface area contributed by atoms with Gasteiger partial charge in [-0.1, -0.05) is 178 Å². The van der Waals surface area contributed by atoms with Crippen LogP contribution in [0.4, 0.5) is 17.1 Å². The average molecular weight is 820 g/mol. The summed E-state index contributed by atoms with van der Waals surface area (Å²) in [7, 11) is 0. The molecule has 3 nitrogen and oxygen atoms in total. The summed E-state index contributed by atoms with van der Waals surface area (Å²) in [6.07, 6.45) is 0. The van der Waals surface area contributed by atoms with E-state index >= 15 is 0 Å². The van der Waals surface area contributed by atoms with Gasteiger partial charge >= 0.3 is 0 Å². The summed E-state index contributed by atoms with van der Waals surface area (Å²) in [5.41, 5.74) is 18.7. The molecule has 10 aromatic carbocycles. The fraction of sp³-hybridized carbons (Fsp3) is 0.0492. The van der Waals surface area contributed by atoms with Crippen LogP contribution in [0.15, 0.2) is 221 Å². The average Bonchev–Trinajstić information content (AvgIpc) is 4.00. The van der Waals surface area contributed by atoms with Crippen LogP contribution in [-0.2, 0) is 5.41 Å². The molecule has 0 N–H and O–H groups in total. The van der Waals surface area contributed by atoms with Crippen LogP contribution in [0.3, 0.4) is 0 Å². The lowest BCUT2D eigenvalue weighted by Crippen LogP contribution is -2.16. The zero-order chi connectivity index (χ0) is 42.5. The predicted octanol–water partition coefficient (Wildman–Crippen LogP) is 17.4. The second-order valence-corrected chi connectivity index (χ2v) is 17.6. The van der Waals surface area contributed by atoms with Crippen LogP contribution in [0, 0.1) is 0 Å². The van der Waals surface area contributed by atoms with Crippen molar-refractivity contribution in [3.8, 4) is 44.5 Å². The third-order valence-electron chi connectivity index (χ3n) is 13.7. The molecule has 0 fully saturated rings. The lowest BCUT2D eigenvalue weighted by Gasteiger charge is -2.28. The van der Waals surface area contributed by atoms with Gasteiger partial charge in [-0.05, 0) is 104 Å². The zero-order valence-corrected chi connectivity index (χ0v) is 35.5. The van der Waals surface area contributed by atoms with Gasteiger partial charge in [0.05, 0.1) is 11.1 Å². The number of furan rings is 2. The molecule has 0 saturated heterocycles. The Balaban J connectivity index is 1.02. The molecule has 0 saturated carbocycles. The number of hydrogen-bond donors (Lipinski definition) is 0.